The standard InChI is InChI=1S/C26H25N3O6/c1-26(24(31)32)11-6-12-29(26)23(30)22-21(35-15-28-22)13-27-25(33)34-14-20-18-9-4-2-7-16(18)17-8-3-5-10-19(17)20/h2-5,7-10,15,20H,6,11-14H2,1H3,(H,27,33)(H,31,32)/t26-/m0/s1. The Morgan fingerprint density at radius 2 is 1.80 bits per heavy atom. The molecule has 1 aromatic heterocycles. The summed E-state index contributed by atoms with van der Waals surface area (Å²) >= 11 is 0. The van der Waals surface area contributed by atoms with E-state index in [1.165, 1.54) is 11.8 Å². The van der Waals surface area contributed by atoms with Crippen LogP contribution in [-0.4, -0.2) is 51.7 Å². The SMILES string of the molecule is C[C@@]1(C(=O)O)CCCN1C(=O)c1ncoc1CNC(=O)OCC1c2ccccc2-c2ccccc21. The number of nitrogens with zero attached hydrogens (tertiary/aromatic N) is 2. The fourth-order valence-corrected chi connectivity index (χ4v) is 5.01. The zero-order valence-corrected chi connectivity index (χ0v) is 19.2. The fourth-order valence-electron chi connectivity index (χ4n) is 5.01. The van der Waals surface area contributed by atoms with E-state index in [4.69, 9.17) is 9.15 Å². The Bertz CT molecular complexity index is 1260. The molecule has 2 N–H and O–H groups in total. The molecule has 0 bridgehead atoms. The number of hydrogen-bond acceptors (Lipinski definition) is 6. The summed E-state index contributed by atoms with van der Waals surface area (Å²) in [4.78, 5) is 42.5. The first-order valence-electron chi connectivity index (χ1n) is 11.5. The van der Waals surface area contributed by atoms with Gasteiger partial charge in [-0.1, -0.05) is 48.5 Å². The van der Waals surface area contributed by atoms with Crippen LogP contribution in [0.3, 0.4) is 0 Å². The highest BCUT2D eigenvalue weighted by molar-refractivity contribution is 5.97. The van der Waals surface area contributed by atoms with Crippen molar-refractivity contribution in [2.75, 3.05) is 13.2 Å². The van der Waals surface area contributed by atoms with Gasteiger partial charge in [0.1, 0.15) is 12.1 Å². The Morgan fingerprint density at radius 3 is 2.46 bits per heavy atom. The smallest absolute Gasteiger partial charge is 0.407 e. The van der Waals surface area contributed by atoms with Crippen molar-refractivity contribution in [2.24, 2.45) is 0 Å². The number of carbonyl (C=O) groups is 3. The van der Waals surface area contributed by atoms with Gasteiger partial charge in [-0.2, -0.15) is 0 Å². The summed E-state index contributed by atoms with van der Waals surface area (Å²) in [5.74, 6) is -1.53. The van der Waals surface area contributed by atoms with Crippen LogP contribution in [0.4, 0.5) is 4.79 Å². The molecular weight excluding hydrogens is 450 g/mol. The minimum absolute atomic E-state index is 0.0154. The first kappa shape index (κ1) is 22.6. The summed E-state index contributed by atoms with van der Waals surface area (Å²) in [6.45, 7) is 1.88. The molecule has 180 valence electrons. The third-order valence-corrected chi connectivity index (χ3v) is 6.93. The van der Waals surface area contributed by atoms with Gasteiger partial charge in [0.2, 0.25) is 0 Å². The first-order valence-corrected chi connectivity index (χ1v) is 11.5. The lowest BCUT2D eigenvalue weighted by Crippen LogP contribution is -2.51. The predicted octanol–water partition coefficient (Wildman–Crippen LogP) is 3.79. The molecule has 1 atom stereocenters. The maximum atomic E-state index is 13.0. The molecule has 1 fully saturated rings. The molecule has 9 nitrogen and oxygen atoms in total. The summed E-state index contributed by atoms with van der Waals surface area (Å²) in [5, 5.41) is 12.2. The van der Waals surface area contributed by atoms with Crippen molar-refractivity contribution in [3.05, 3.63) is 77.5 Å². The molecule has 1 saturated heterocycles. The number of carboxylic acid groups (broad SMARTS) is 1. The molecule has 2 amide bonds. The Labute approximate surface area is 201 Å². The maximum absolute atomic E-state index is 13.0. The van der Waals surface area contributed by atoms with Crippen LogP contribution in [0.25, 0.3) is 11.1 Å². The zero-order valence-electron chi connectivity index (χ0n) is 19.2. The summed E-state index contributed by atoms with van der Waals surface area (Å²) in [5.41, 5.74) is 3.18. The van der Waals surface area contributed by atoms with Crippen molar-refractivity contribution in [1.29, 1.82) is 0 Å². The Kier molecular flexibility index (Phi) is 5.76. The number of rotatable bonds is 6. The highest BCUT2D eigenvalue weighted by Gasteiger charge is 2.47. The van der Waals surface area contributed by atoms with Gasteiger partial charge in [0, 0.05) is 12.5 Å². The minimum atomic E-state index is -1.30. The molecule has 0 saturated carbocycles. The van der Waals surface area contributed by atoms with Crippen molar-refractivity contribution >= 4 is 18.0 Å². The van der Waals surface area contributed by atoms with E-state index in [-0.39, 0.29) is 30.5 Å². The normalized spacial score (nSPS) is 18.7. The minimum Gasteiger partial charge on any atom is -0.480 e. The van der Waals surface area contributed by atoms with E-state index >= 15 is 0 Å². The molecule has 0 spiro atoms. The van der Waals surface area contributed by atoms with Gasteiger partial charge in [0.25, 0.3) is 5.91 Å². The van der Waals surface area contributed by atoms with E-state index in [1.807, 2.05) is 36.4 Å². The molecule has 5 rings (SSSR count). The number of benzene rings is 2. The second-order valence-electron chi connectivity index (χ2n) is 8.94. The molecule has 1 aliphatic carbocycles. The lowest BCUT2D eigenvalue weighted by atomic mass is 9.98. The maximum Gasteiger partial charge on any atom is 0.407 e. The number of fused-ring (bicyclic) bond motifs is 3. The topological polar surface area (TPSA) is 122 Å². The van der Waals surface area contributed by atoms with Gasteiger partial charge in [-0.25, -0.2) is 14.6 Å². The molecular formula is C26H25N3O6. The average molecular weight is 476 g/mol. The molecule has 1 aliphatic heterocycles. The van der Waals surface area contributed by atoms with Crippen molar-refractivity contribution < 1.29 is 28.6 Å². The number of aromatic nitrogens is 1. The quantitative estimate of drug-likeness (QED) is 0.556. The van der Waals surface area contributed by atoms with Crippen LogP contribution in [-0.2, 0) is 16.1 Å². The number of amides is 2. The van der Waals surface area contributed by atoms with Crippen LogP contribution < -0.4 is 5.32 Å². The number of likely N-dealkylation sites (tertiary alicyclic amines) is 1. The molecule has 2 aromatic carbocycles. The molecule has 2 heterocycles. The fraction of sp³-hybridized carbons (Fsp3) is 0.308. The Balaban J connectivity index is 1.22. The highest BCUT2D eigenvalue weighted by Crippen LogP contribution is 2.44. The van der Waals surface area contributed by atoms with Crippen molar-refractivity contribution in [2.45, 2.75) is 37.8 Å². The van der Waals surface area contributed by atoms with Crippen LogP contribution in [0.15, 0.2) is 59.3 Å². The van der Waals surface area contributed by atoms with E-state index in [2.05, 4.69) is 22.4 Å². The van der Waals surface area contributed by atoms with E-state index in [1.54, 1.807) is 0 Å². The van der Waals surface area contributed by atoms with Gasteiger partial charge in [-0.15, -0.1) is 0 Å². The van der Waals surface area contributed by atoms with Gasteiger partial charge >= 0.3 is 12.1 Å². The number of ether oxygens (including phenoxy) is 1. The molecule has 9 heteroatoms. The van der Waals surface area contributed by atoms with Crippen molar-refractivity contribution in [3.63, 3.8) is 0 Å². The summed E-state index contributed by atoms with van der Waals surface area (Å²) in [7, 11) is 0. The monoisotopic (exact) mass is 475 g/mol. The average Bonchev–Trinajstić information content (AvgIpc) is 3.57. The lowest BCUT2D eigenvalue weighted by Gasteiger charge is -2.30. The summed E-state index contributed by atoms with van der Waals surface area (Å²) in [6.07, 6.45) is 1.40. The Morgan fingerprint density at radius 1 is 1.14 bits per heavy atom. The van der Waals surface area contributed by atoms with Crippen LogP contribution in [0.1, 0.15) is 53.1 Å². The molecule has 0 radical (unpaired) electrons. The lowest BCUT2D eigenvalue weighted by molar-refractivity contribution is -0.147. The number of carboxylic acids is 1. The van der Waals surface area contributed by atoms with E-state index in [0.717, 1.165) is 28.6 Å². The molecule has 3 aromatic rings. The van der Waals surface area contributed by atoms with Crippen LogP contribution in [0.5, 0.6) is 0 Å². The third kappa shape index (κ3) is 3.92. The van der Waals surface area contributed by atoms with E-state index in [9.17, 15) is 19.5 Å². The van der Waals surface area contributed by atoms with Crippen molar-refractivity contribution in [3.8, 4) is 11.1 Å². The van der Waals surface area contributed by atoms with Gasteiger partial charge < -0.3 is 24.5 Å². The van der Waals surface area contributed by atoms with Gasteiger partial charge in [0.15, 0.2) is 17.8 Å². The summed E-state index contributed by atoms with van der Waals surface area (Å²) < 4.78 is 10.8. The Hall–Kier alpha value is -4.14. The molecule has 2 aliphatic rings. The third-order valence-electron chi connectivity index (χ3n) is 6.93. The van der Waals surface area contributed by atoms with Gasteiger partial charge in [0.05, 0.1) is 6.54 Å². The van der Waals surface area contributed by atoms with E-state index < -0.39 is 23.5 Å². The van der Waals surface area contributed by atoms with Crippen molar-refractivity contribution in [1.82, 2.24) is 15.2 Å². The second-order valence-corrected chi connectivity index (χ2v) is 8.94. The van der Waals surface area contributed by atoms with Gasteiger partial charge in [-0.3, -0.25) is 4.79 Å². The van der Waals surface area contributed by atoms with Crippen LogP contribution in [0.2, 0.25) is 0 Å². The number of carbonyl (C=O) groups excluding carboxylic acids is 2. The number of nitrogens with one attached hydrogen (secondary N) is 1. The van der Waals surface area contributed by atoms with E-state index in [0.29, 0.717) is 19.4 Å². The zero-order chi connectivity index (χ0) is 24.6. The number of alkyl carbamates (subject to hydrolysis) is 1. The largest absolute Gasteiger partial charge is 0.480 e. The van der Waals surface area contributed by atoms with Gasteiger partial charge in [-0.05, 0) is 42.0 Å². The first-order chi connectivity index (χ1) is 16.9. The van der Waals surface area contributed by atoms with Crippen LogP contribution >= 0.6 is 0 Å². The number of aliphatic carboxylic acids is 1. The molecule has 35 heavy (non-hydrogen) atoms. The highest BCUT2D eigenvalue weighted by atomic mass is 16.5. The number of oxazole rings is 1. The molecule has 0 unspecified atom stereocenters. The number of hydrogen-bond donors (Lipinski definition) is 2. The predicted molar refractivity (Wildman–Crippen MR) is 125 cm³/mol. The second kappa shape index (κ2) is 8.90. The summed E-state index contributed by atoms with van der Waals surface area (Å²) in [6, 6.07) is 16.1. The van der Waals surface area contributed by atoms with Crippen LogP contribution in [0, 0.1) is 0 Å².